The summed E-state index contributed by atoms with van der Waals surface area (Å²) in [5.74, 6) is 1.58. The molecule has 8 rings (SSSR count). The Bertz CT molecular complexity index is 1870. The van der Waals surface area contributed by atoms with Crippen LogP contribution in [0.3, 0.4) is 0 Å². The summed E-state index contributed by atoms with van der Waals surface area (Å²) in [6.45, 7) is 3.04. The molecular weight excluding hydrogens is 574 g/mol. The Morgan fingerprint density at radius 3 is 2.71 bits per heavy atom. The van der Waals surface area contributed by atoms with Gasteiger partial charge in [-0.1, -0.05) is 18.4 Å². The Morgan fingerprint density at radius 1 is 1.11 bits per heavy atom. The molecule has 8 nitrogen and oxygen atoms in total. The Hall–Kier alpha value is -4.07. The summed E-state index contributed by atoms with van der Waals surface area (Å²) in [7, 11) is 2.19. The second-order valence-corrected chi connectivity index (χ2v) is 13.4. The zero-order chi connectivity index (χ0) is 30.9. The number of hydrogen-bond acceptors (Lipinski definition) is 8. The standard InChI is InChI=1S/C35H36F2N6O2/c1-3-24-27(36)10-7-20-14-23(44)15-25(29(20)24)31-30(37)32-26(16-38-31)33(43-17-21-8-9-22(18-43)39-21)41-34(40-32)45-19-35-11-4-6-28(35)42(2)13-5-12-35/h1,7,10,14-16,21-22,28,39,44H,4-6,8-9,11-13,17-19H2,2H3/t21-,22?,28?,35?/m1/s1. The molecule has 5 heterocycles. The lowest BCUT2D eigenvalue weighted by molar-refractivity contribution is 0.0133. The summed E-state index contributed by atoms with van der Waals surface area (Å²) >= 11 is 0. The number of pyridine rings is 1. The Kier molecular flexibility index (Phi) is 6.80. The van der Waals surface area contributed by atoms with Gasteiger partial charge in [-0.15, -0.1) is 6.42 Å². The predicted molar refractivity (Wildman–Crippen MR) is 169 cm³/mol. The fourth-order valence-corrected chi connectivity index (χ4v) is 8.62. The second-order valence-electron chi connectivity index (χ2n) is 13.4. The van der Waals surface area contributed by atoms with Gasteiger partial charge in [-0.2, -0.15) is 9.97 Å². The first-order valence-corrected chi connectivity index (χ1v) is 16.0. The zero-order valence-corrected chi connectivity index (χ0v) is 25.3. The molecule has 1 aliphatic carbocycles. The molecule has 0 spiro atoms. The summed E-state index contributed by atoms with van der Waals surface area (Å²) in [5.41, 5.74) is 0.192. The molecule has 2 bridgehead atoms. The normalized spacial score (nSPS) is 26.4. The third kappa shape index (κ3) is 4.67. The molecule has 4 fully saturated rings. The highest BCUT2D eigenvalue weighted by atomic mass is 19.1. The third-order valence-electron chi connectivity index (χ3n) is 10.7. The van der Waals surface area contributed by atoms with Crippen LogP contribution >= 0.6 is 0 Å². The number of nitrogens with one attached hydrogen (secondary N) is 1. The number of phenolic OH excluding ortho intramolecular Hbond substituents is 1. The number of aromatic nitrogens is 3. The lowest BCUT2D eigenvalue weighted by Gasteiger charge is -2.44. The Balaban J connectivity index is 1.27. The molecule has 4 atom stereocenters. The van der Waals surface area contributed by atoms with Gasteiger partial charge in [0.1, 0.15) is 28.6 Å². The van der Waals surface area contributed by atoms with Crippen LogP contribution in [0.1, 0.15) is 50.5 Å². The zero-order valence-electron chi connectivity index (χ0n) is 25.3. The molecule has 10 heteroatoms. The molecule has 45 heavy (non-hydrogen) atoms. The maximum Gasteiger partial charge on any atom is 0.319 e. The molecule has 232 valence electrons. The van der Waals surface area contributed by atoms with Crippen molar-refractivity contribution < 1.29 is 18.6 Å². The number of hydrogen-bond donors (Lipinski definition) is 2. The van der Waals surface area contributed by atoms with Gasteiger partial charge in [0.15, 0.2) is 5.82 Å². The number of benzene rings is 2. The van der Waals surface area contributed by atoms with Crippen LogP contribution < -0.4 is 15.0 Å². The van der Waals surface area contributed by atoms with Crippen LogP contribution in [0.15, 0.2) is 30.5 Å². The molecule has 2 aromatic carbocycles. The van der Waals surface area contributed by atoms with E-state index in [4.69, 9.17) is 16.1 Å². The summed E-state index contributed by atoms with van der Waals surface area (Å²) in [5, 5.41) is 15.5. The average molecular weight is 611 g/mol. The minimum absolute atomic E-state index is 0.0182. The van der Waals surface area contributed by atoms with E-state index < -0.39 is 11.6 Å². The maximum atomic E-state index is 16.8. The van der Waals surface area contributed by atoms with Gasteiger partial charge in [-0.05, 0) is 75.7 Å². The minimum atomic E-state index is -0.701. The van der Waals surface area contributed by atoms with Crippen molar-refractivity contribution in [3.8, 4) is 35.4 Å². The quantitative estimate of drug-likeness (QED) is 0.291. The van der Waals surface area contributed by atoms with Crippen LogP contribution in [-0.4, -0.2) is 76.4 Å². The second kappa shape index (κ2) is 10.8. The SMILES string of the molecule is C#Cc1c(F)ccc2cc(O)cc(-c3ncc4c(N5CC6CC[C@H](C5)N6)nc(OCC56CCCC5N(C)CCC6)nc4c3F)c12. The highest BCUT2D eigenvalue weighted by molar-refractivity contribution is 6.03. The van der Waals surface area contributed by atoms with Crippen molar-refractivity contribution in [3.63, 3.8) is 0 Å². The van der Waals surface area contributed by atoms with Crippen LogP contribution in [0.2, 0.25) is 0 Å². The van der Waals surface area contributed by atoms with Crippen LogP contribution in [0.25, 0.3) is 32.9 Å². The Labute approximate surface area is 260 Å². The smallest absolute Gasteiger partial charge is 0.319 e. The molecule has 3 unspecified atom stereocenters. The van der Waals surface area contributed by atoms with Crippen molar-refractivity contribution >= 4 is 27.5 Å². The Morgan fingerprint density at radius 2 is 1.91 bits per heavy atom. The van der Waals surface area contributed by atoms with Gasteiger partial charge in [-0.3, -0.25) is 4.98 Å². The molecular formula is C35H36F2N6O2. The van der Waals surface area contributed by atoms with Gasteiger partial charge in [0, 0.05) is 53.8 Å². The van der Waals surface area contributed by atoms with Crippen molar-refractivity contribution in [2.45, 2.75) is 63.1 Å². The van der Waals surface area contributed by atoms with Crippen LogP contribution in [0, 0.1) is 29.4 Å². The molecule has 3 saturated heterocycles. The molecule has 3 aliphatic heterocycles. The molecule has 0 radical (unpaired) electrons. The number of fused-ring (bicyclic) bond motifs is 5. The number of piperazine rings is 1. The highest BCUT2D eigenvalue weighted by Gasteiger charge is 2.47. The largest absolute Gasteiger partial charge is 0.508 e. The number of ether oxygens (including phenoxy) is 1. The average Bonchev–Trinajstić information content (AvgIpc) is 3.63. The number of anilines is 1. The summed E-state index contributed by atoms with van der Waals surface area (Å²) < 4.78 is 38.1. The fraction of sp³-hybridized carbons (Fsp3) is 0.457. The first-order chi connectivity index (χ1) is 21.8. The van der Waals surface area contributed by atoms with Gasteiger partial charge in [0.2, 0.25) is 0 Å². The summed E-state index contributed by atoms with van der Waals surface area (Å²) in [6.07, 6.45) is 15.0. The molecule has 2 aromatic heterocycles. The van der Waals surface area contributed by atoms with Crippen molar-refractivity contribution in [1.29, 1.82) is 0 Å². The van der Waals surface area contributed by atoms with Gasteiger partial charge in [-0.25, -0.2) is 8.78 Å². The predicted octanol–water partition coefficient (Wildman–Crippen LogP) is 5.39. The van der Waals surface area contributed by atoms with Gasteiger partial charge in [0.25, 0.3) is 0 Å². The number of phenols is 1. The van der Waals surface area contributed by atoms with Crippen molar-refractivity contribution in [3.05, 3.63) is 47.7 Å². The van der Waals surface area contributed by atoms with E-state index in [0.717, 1.165) is 64.6 Å². The number of rotatable bonds is 5. The summed E-state index contributed by atoms with van der Waals surface area (Å²) in [4.78, 5) is 18.8. The number of aromatic hydroxyl groups is 1. The van der Waals surface area contributed by atoms with E-state index in [0.29, 0.717) is 46.7 Å². The summed E-state index contributed by atoms with van der Waals surface area (Å²) in [6, 6.07) is 6.86. The van der Waals surface area contributed by atoms with E-state index in [1.807, 2.05) is 0 Å². The van der Waals surface area contributed by atoms with E-state index in [1.54, 1.807) is 6.20 Å². The molecule has 4 aromatic rings. The van der Waals surface area contributed by atoms with E-state index in [2.05, 4.69) is 38.1 Å². The lowest BCUT2D eigenvalue weighted by Crippen LogP contribution is -2.51. The molecule has 0 amide bonds. The van der Waals surface area contributed by atoms with Crippen molar-refractivity contribution in [2.75, 3.05) is 38.2 Å². The fourth-order valence-electron chi connectivity index (χ4n) is 8.62. The van der Waals surface area contributed by atoms with Crippen molar-refractivity contribution in [1.82, 2.24) is 25.2 Å². The number of terminal acetylenes is 1. The van der Waals surface area contributed by atoms with E-state index in [1.165, 1.54) is 24.3 Å². The van der Waals surface area contributed by atoms with Gasteiger partial charge in [0.05, 0.1) is 17.6 Å². The number of nitrogens with zero attached hydrogens (tertiary/aromatic N) is 5. The number of likely N-dealkylation sites (tertiary alicyclic amines) is 1. The third-order valence-corrected chi connectivity index (χ3v) is 10.7. The van der Waals surface area contributed by atoms with Crippen LogP contribution in [0.5, 0.6) is 11.8 Å². The van der Waals surface area contributed by atoms with Crippen LogP contribution in [0.4, 0.5) is 14.6 Å². The lowest BCUT2D eigenvalue weighted by atomic mass is 9.76. The molecule has 2 N–H and O–H groups in total. The van der Waals surface area contributed by atoms with Crippen molar-refractivity contribution in [2.24, 2.45) is 5.41 Å². The maximum absolute atomic E-state index is 16.8. The van der Waals surface area contributed by atoms with Gasteiger partial charge < -0.3 is 25.0 Å². The first kappa shape index (κ1) is 28.4. The number of halogens is 2. The first-order valence-electron chi connectivity index (χ1n) is 16.0. The van der Waals surface area contributed by atoms with Crippen LogP contribution in [-0.2, 0) is 0 Å². The minimum Gasteiger partial charge on any atom is -0.508 e. The molecule has 4 aliphatic rings. The number of piperidine rings is 1. The van der Waals surface area contributed by atoms with Gasteiger partial charge >= 0.3 is 6.01 Å². The van der Waals surface area contributed by atoms with E-state index in [-0.39, 0.29) is 39.5 Å². The molecule has 1 saturated carbocycles. The van der Waals surface area contributed by atoms with E-state index >= 15 is 4.39 Å². The van der Waals surface area contributed by atoms with E-state index in [9.17, 15) is 9.50 Å². The topological polar surface area (TPSA) is 86.6 Å². The monoisotopic (exact) mass is 610 g/mol. The highest BCUT2D eigenvalue weighted by Crippen LogP contribution is 2.47.